The molecule has 0 radical (unpaired) electrons. The first-order chi connectivity index (χ1) is 11.0. The fraction of sp³-hybridized carbons (Fsp3) is 0.167. The first-order valence-electron chi connectivity index (χ1n) is 7.46. The van der Waals surface area contributed by atoms with Crippen LogP contribution in [0.3, 0.4) is 0 Å². The highest BCUT2D eigenvalue weighted by Gasteiger charge is 2.12. The summed E-state index contributed by atoms with van der Waals surface area (Å²) in [4.78, 5) is 11.4. The second kappa shape index (κ2) is 8.34. The summed E-state index contributed by atoms with van der Waals surface area (Å²) in [6.07, 6.45) is 1.13. The number of hydrogen-bond donors (Lipinski definition) is 1. The highest BCUT2D eigenvalue weighted by Crippen LogP contribution is 2.28. The Hall–Kier alpha value is -1.55. The van der Waals surface area contributed by atoms with E-state index >= 15 is 0 Å². The van der Waals surface area contributed by atoms with Gasteiger partial charge in [0.15, 0.2) is 0 Å². The van der Waals surface area contributed by atoms with E-state index in [0.29, 0.717) is 5.56 Å². The van der Waals surface area contributed by atoms with Crippen molar-refractivity contribution in [3.8, 4) is 0 Å². The van der Waals surface area contributed by atoms with Gasteiger partial charge in [-0.3, -0.25) is 0 Å². The minimum atomic E-state index is -1.23. The Morgan fingerprint density at radius 1 is 1.00 bits per heavy atom. The predicted molar refractivity (Wildman–Crippen MR) is 102 cm³/mol. The van der Waals surface area contributed by atoms with Gasteiger partial charge >= 0.3 is 5.97 Å². The van der Waals surface area contributed by atoms with Gasteiger partial charge in [0.2, 0.25) is 7.42 Å². The zero-order chi connectivity index (χ0) is 16.8. The molecule has 0 unspecified atom stereocenters. The van der Waals surface area contributed by atoms with Gasteiger partial charge in [-0.15, -0.1) is 0 Å². The summed E-state index contributed by atoms with van der Waals surface area (Å²) in [5.74, 6) is -0.877. The molecule has 23 heavy (non-hydrogen) atoms. The molecule has 3 rings (SSSR count). The topological polar surface area (TPSA) is 37.3 Å². The van der Waals surface area contributed by atoms with Crippen molar-refractivity contribution in [3.63, 3.8) is 0 Å². The van der Waals surface area contributed by atoms with E-state index in [1.54, 1.807) is 0 Å². The van der Waals surface area contributed by atoms with E-state index in [1.807, 2.05) is 54.6 Å². The molecule has 3 aromatic rings. The van der Waals surface area contributed by atoms with E-state index in [9.17, 15) is 9.90 Å². The van der Waals surface area contributed by atoms with E-state index in [4.69, 9.17) is 22.2 Å². The molecule has 0 saturated heterocycles. The van der Waals surface area contributed by atoms with E-state index in [2.05, 4.69) is 6.92 Å². The smallest absolute Gasteiger partial charge is 0.336 e. The van der Waals surface area contributed by atoms with Crippen LogP contribution in [0.4, 0.5) is 0 Å². The monoisotopic (exact) mass is 364 g/mol. The van der Waals surface area contributed by atoms with Gasteiger partial charge in [0.05, 0.1) is 5.56 Å². The van der Waals surface area contributed by atoms with Crippen LogP contribution in [0.2, 0.25) is 6.04 Å². The van der Waals surface area contributed by atoms with Crippen molar-refractivity contribution in [2.45, 2.75) is 19.4 Å². The molecule has 0 heterocycles. The minimum absolute atomic E-state index is 0.388. The first kappa shape index (κ1) is 17.8. The molecule has 5 heteroatoms. The van der Waals surface area contributed by atoms with Gasteiger partial charge in [-0.1, -0.05) is 61.9 Å². The lowest BCUT2D eigenvalue weighted by Crippen LogP contribution is -1.99. The van der Waals surface area contributed by atoms with Gasteiger partial charge in [-0.05, 0) is 33.7 Å². The lowest BCUT2D eigenvalue weighted by atomic mass is 9.97. The summed E-state index contributed by atoms with van der Waals surface area (Å²) < 4.78 is 0. The molecule has 0 aliphatic heterocycles. The molecule has 0 fully saturated rings. The first-order valence-corrected chi connectivity index (χ1v) is 11.8. The second-order valence-corrected chi connectivity index (χ2v) is 10.4. The summed E-state index contributed by atoms with van der Waals surface area (Å²) in [7, 11) is -1.23. The number of rotatable bonds is 3. The van der Waals surface area contributed by atoms with Crippen molar-refractivity contribution in [2.75, 3.05) is 0 Å². The van der Waals surface area contributed by atoms with Gasteiger partial charge in [-0.2, -0.15) is 22.2 Å². The second-order valence-electron chi connectivity index (χ2n) is 5.18. The van der Waals surface area contributed by atoms with Crippen molar-refractivity contribution in [3.05, 3.63) is 60.2 Å². The van der Waals surface area contributed by atoms with Gasteiger partial charge in [0.1, 0.15) is 0 Å². The molecule has 120 valence electrons. The average Bonchev–Trinajstić information content (AvgIpc) is 2.52. The van der Waals surface area contributed by atoms with Gasteiger partial charge in [-0.25, -0.2) is 4.79 Å². The number of fused-ring (bicyclic) bond motifs is 2. The number of halogens is 2. The van der Waals surface area contributed by atoms with Crippen molar-refractivity contribution in [1.29, 1.82) is 0 Å². The van der Waals surface area contributed by atoms with Crippen LogP contribution in [-0.4, -0.2) is 18.5 Å². The maximum absolute atomic E-state index is 11.4. The van der Waals surface area contributed by atoms with Crippen LogP contribution in [-0.2, 0) is 0 Å². The third-order valence-corrected chi connectivity index (χ3v) is 5.82. The number of aromatic carboxylic acids is 1. The molecule has 0 amide bonds. The molecule has 0 aliphatic rings. The molecule has 0 spiro atoms. The Labute approximate surface area is 146 Å². The summed E-state index contributed by atoms with van der Waals surface area (Å²) in [5, 5.41) is 12.9. The van der Waals surface area contributed by atoms with Crippen molar-refractivity contribution >= 4 is 57.1 Å². The molecule has 1 N–H and O–H groups in total. The number of carboxylic acids is 1. The Morgan fingerprint density at radius 2 is 1.48 bits per heavy atom. The molecule has 2 nitrogen and oxygen atoms in total. The quantitative estimate of drug-likeness (QED) is 0.363. The zero-order valence-corrected chi connectivity index (χ0v) is 15.5. The van der Waals surface area contributed by atoms with Crippen LogP contribution in [0.5, 0.6) is 0 Å². The Balaban J connectivity index is 0.000000277. The average molecular weight is 365 g/mol. The summed E-state index contributed by atoms with van der Waals surface area (Å²) in [5.41, 5.74) is 0.388. The van der Waals surface area contributed by atoms with Crippen LogP contribution in [0, 0.1) is 0 Å². The maximum atomic E-state index is 11.4. The highest BCUT2D eigenvalue weighted by molar-refractivity contribution is 7.33. The molecular formula is C18H18Cl2O2Si. The van der Waals surface area contributed by atoms with E-state index < -0.39 is 13.4 Å². The largest absolute Gasteiger partial charge is 0.478 e. The lowest BCUT2D eigenvalue weighted by Gasteiger charge is -2.07. The van der Waals surface area contributed by atoms with E-state index in [0.717, 1.165) is 34.0 Å². The number of carboxylic acid groups (broad SMARTS) is 1. The van der Waals surface area contributed by atoms with Crippen LogP contribution in [0.25, 0.3) is 21.5 Å². The third-order valence-electron chi connectivity index (χ3n) is 3.49. The lowest BCUT2D eigenvalue weighted by molar-refractivity contribution is 0.0701. The molecule has 0 aromatic heterocycles. The van der Waals surface area contributed by atoms with E-state index in [1.165, 1.54) is 0 Å². The van der Waals surface area contributed by atoms with Crippen LogP contribution in [0.1, 0.15) is 23.7 Å². The fourth-order valence-electron chi connectivity index (χ4n) is 2.46. The fourth-order valence-corrected chi connectivity index (χ4v) is 4.21. The van der Waals surface area contributed by atoms with Gasteiger partial charge in [0, 0.05) is 0 Å². The molecule has 0 saturated carbocycles. The summed E-state index contributed by atoms with van der Waals surface area (Å²) >= 11 is 11.0. The Morgan fingerprint density at radius 3 is 1.83 bits per heavy atom. The molecule has 3 aromatic carbocycles. The highest BCUT2D eigenvalue weighted by atomic mass is 35.7. The van der Waals surface area contributed by atoms with Crippen LogP contribution in [0.15, 0.2) is 54.6 Å². The van der Waals surface area contributed by atoms with Crippen molar-refractivity contribution in [1.82, 2.24) is 0 Å². The maximum Gasteiger partial charge on any atom is 0.336 e. The SMILES string of the molecule is CCC[SiH](Cl)Cl.O=C(O)c1c2ccccc2cc2ccccc12. The molecular weight excluding hydrogens is 347 g/mol. The number of carbonyl (C=O) groups is 1. The Bertz CT molecular complexity index is 764. The summed E-state index contributed by atoms with van der Waals surface area (Å²) in [6, 6.07) is 18.2. The predicted octanol–water partition coefficient (Wildman–Crippen LogP) is 5.79. The number of hydrogen-bond acceptors (Lipinski definition) is 1. The van der Waals surface area contributed by atoms with Gasteiger partial charge < -0.3 is 5.11 Å². The number of benzene rings is 3. The molecule has 0 bridgehead atoms. The van der Waals surface area contributed by atoms with Crippen LogP contribution < -0.4 is 0 Å². The molecule has 0 aliphatic carbocycles. The Kier molecular flexibility index (Phi) is 6.45. The third kappa shape index (κ3) is 4.47. The summed E-state index contributed by atoms with van der Waals surface area (Å²) in [6.45, 7) is 2.09. The van der Waals surface area contributed by atoms with Crippen molar-refractivity contribution < 1.29 is 9.90 Å². The van der Waals surface area contributed by atoms with Crippen LogP contribution >= 0.6 is 22.2 Å². The zero-order valence-electron chi connectivity index (χ0n) is 12.8. The standard InChI is InChI=1S/C15H10O2.C3H8Cl2Si/c16-15(17)14-12-7-3-1-5-10(12)9-11-6-2-4-8-13(11)14;1-2-3-6(4)5/h1-9H,(H,16,17);6H,2-3H2,1H3. The van der Waals surface area contributed by atoms with Gasteiger partial charge in [0.25, 0.3) is 0 Å². The van der Waals surface area contributed by atoms with Crippen molar-refractivity contribution in [2.24, 2.45) is 0 Å². The normalized spacial score (nSPS) is 10.6. The molecule has 0 atom stereocenters. The van der Waals surface area contributed by atoms with E-state index in [-0.39, 0.29) is 0 Å². The minimum Gasteiger partial charge on any atom is -0.478 e.